The van der Waals surface area contributed by atoms with Gasteiger partial charge in [-0.25, -0.2) is 5.43 Å². The molecule has 0 heterocycles. The number of amides is 1. The van der Waals surface area contributed by atoms with Gasteiger partial charge in [0, 0.05) is 18.5 Å². The predicted molar refractivity (Wildman–Crippen MR) is 68.1 cm³/mol. The molecule has 1 amide bonds. The summed E-state index contributed by atoms with van der Waals surface area (Å²) in [6.07, 6.45) is 1.11. The summed E-state index contributed by atoms with van der Waals surface area (Å²) in [6.45, 7) is 2.45. The average molecular weight is 257 g/mol. The number of carbonyl (C=O) groups excluding carboxylic acids is 1. The molecular formula is C12H17ClN2O2. The van der Waals surface area contributed by atoms with E-state index in [1.807, 2.05) is 19.1 Å². The third-order valence-electron chi connectivity index (χ3n) is 2.21. The van der Waals surface area contributed by atoms with Crippen molar-refractivity contribution < 1.29 is 9.53 Å². The molecule has 5 heteroatoms. The van der Waals surface area contributed by atoms with Gasteiger partial charge in [-0.05, 0) is 37.1 Å². The van der Waals surface area contributed by atoms with E-state index in [4.69, 9.17) is 16.3 Å². The molecule has 0 bridgehead atoms. The van der Waals surface area contributed by atoms with Crippen molar-refractivity contribution >= 4 is 17.5 Å². The normalized spacial score (nSPS) is 10.1. The average Bonchev–Trinajstić information content (AvgIpc) is 2.27. The highest BCUT2D eigenvalue weighted by molar-refractivity contribution is 6.30. The summed E-state index contributed by atoms with van der Waals surface area (Å²) in [6, 6.07) is 5.48. The van der Waals surface area contributed by atoms with Crippen LogP contribution >= 0.6 is 11.6 Å². The van der Waals surface area contributed by atoms with Crippen molar-refractivity contribution in [1.29, 1.82) is 0 Å². The molecular weight excluding hydrogens is 240 g/mol. The second-order valence-corrected chi connectivity index (χ2v) is 4.10. The first-order valence-corrected chi connectivity index (χ1v) is 5.86. The van der Waals surface area contributed by atoms with Gasteiger partial charge < -0.3 is 4.74 Å². The van der Waals surface area contributed by atoms with E-state index in [1.54, 1.807) is 13.1 Å². The van der Waals surface area contributed by atoms with E-state index < -0.39 is 0 Å². The first kappa shape index (κ1) is 13.8. The van der Waals surface area contributed by atoms with Crippen LogP contribution in [-0.4, -0.2) is 19.6 Å². The number of rotatable bonds is 6. The summed E-state index contributed by atoms with van der Waals surface area (Å²) in [7, 11) is 1.66. The predicted octanol–water partition coefficient (Wildman–Crippen LogP) is 2.06. The Labute approximate surface area is 106 Å². The summed E-state index contributed by atoms with van der Waals surface area (Å²) >= 11 is 5.84. The fraction of sp³-hybridized carbons (Fsp3) is 0.417. The Bertz CT molecular complexity index is 383. The third kappa shape index (κ3) is 5.06. The summed E-state index contributed by atoms with van der Waals surface area (Å²) in [4.78, 5) is 11.1. The summed E-state index contributed by atoms with van der Waals surface area (Å²) in [5, 5.41) is 0.697. The Hall–Kier alpha value is -1.26. The molecule has 0 unspecified atom stereocenters. The Morgan fingerprint density at radius 1 is 1.47 bits per heavy atom. The van der Waals surface area contributed by atoms with Gasteiger partial charge in [-0.1, -0.05) is 11.6 Å². The van der Waals surface area contributed by atoms with Gasteiger partial charge in [-0.15, -0.1) is 0 Å². The minimum absolute atomic E-state index is 0.0380. The maximum atomic E-state index is 11.1. The fourth-order valence-electron chi connectivity index (χ4n) is 1.39. The first-order chi connectivity index (χ1) is 8.13. The van der Waals surface area contributed by atoms with Gasteiger partial charge in [-0.3, -0.25) is 10.2 Å². The second kappa shape index (κ2) is 7.14. The number of carbonyl (C=O) groups is 1. The number of halogens is 1. The number of ether oxygens (including phenoxy) is 1. The van der Waals surface area contributed by atoms with E-state index in [-0.39, 0.29) is 5.91 Å². The second-order valence-electron chi connectivity index (χ2n) is 3.66. The molecule has 0 aliphatic rings. The molecule has 2 N–H and O–H groups in total. The highest BCUT2D eigenvalue weighted by atomic mass is 35.5. The van der Waals surface area contributed by atoms with E-state index >= 15 is 0 Å². The Balaban J connectivity index is 2.29. The third-order valence-corrected chi connectivity index (χ3v) is 2.44. The lowest BCUT2D eigenvalue weighted by atomic mass is 10.2. The van der Waals surface area contributed by atoms with Gasteiger partial charge in [0.2, 0.25) is 5.91 Å². The zero-order valence-corrected chi connectivity index (χ0v) is 10.8. The van der Waals surface area contributed by atoms with Gasteiger partial charge in [0.15, 0.2) is 0 Å². The lowest BCUT2D eigenvalue weighted by Gasteiger charge is -2.09. The van der Waals surface area contributed by atoms with Crippen molar-refractivity contribution in [2.75, 3.05) is 13.7 Å². The summed E-state index contributed by atoms with van der Waals surface area (Å²) in [5.74, 6) is 0.771. The summed E-state index contributed by atoms with van der Waals surface area (Å²) < 4.78 is 5.56. The van der Waals surface area contributed by atoms with Crippen molar-refractivity contribution in [1.82, 2.24) is 10.9 Å². The van der Waals surface area contributed by atoms with Crippen LogP contribution in [-0.2, 0) is 4.79 Å². The van der Waals surface area contributed by atoms with Crippen LogP contribution in [0.2, 0.25) is 5.02 Å². The fourth-order valence-corrected chi connectivity index (χ4v) is 1.62. The molecule has 17 heavy (non-hydrogen) atoms. The molecule has 1 aromatic carbocycles. The largest absolute Gasteiger partial charge is 0.493 e. The molecule has 0 aliphatic carbocycles. The topological polar surface area (TPSA) is 50.4 Å². The molecule has 0 atom stereocenters. The van der Waals surface area contributed by atoms with Gasteiger partial charge in [0.1, 0.15) is 5.75 Å². The number of hydrogen-bond donors (Lipinski definition) is 2. The smallest absolute Gasteiger partial charge is 0.234 e. The Morgan fingerprint density at radius 3 is 2.88 bits per heavy atom. The van der Waals surface area contributed by atoms with E-state index in [2.05, 4.69) is 10.9 Å². The molecule has 4 nitrogen and oxygen atoms in total. The lowest BCUT2D eigenvalue weighted by Crippen LogP contribution is -2.34. The van der Waals surface area contributed by atoms with Gasteiger partial charge in [-0.2, -0.15) is 0 Å². The van der Waals surface area contributed by atoms with Gasteiger partial charge in [0.05, 0.1) is 6.61 Å². The van der Waals surface area contributed by atoms with Gasteiger partial charge >= 0.3 is 0 Å². The molecule has 0 fully saturated rings. The molecule has 0 saturated carbocycles. The highest BCUT2D eigenvalue weighted by Crippen LogP contribution is 2.21. The van der Waals surface area contributed by atoms with Crippen LogP contribution in [0, 0.1) is 6.92 Å². The number of hydrazine groups is 1. The van der Waals surface area contributed by atoms with Gasteiger partial charge in [0.25, 0.3) is 0 Å². The van der Waals surface area contributed by atoms with Crippen LogP contribution in [0.15, 0.2) is 18.2 Å². The van der Waals surface area contributed by atoms with Crippen molar-refractivity contribution in [2.45, 2.75) is 19.8 Å². The molecule has 94 valence electrons. The molecule has 0 saturated heterocycles. The number of nitrogens with one attached hydrogen (secondary N) is 2. The van der Waals surface area contributed by atoms with Crippen molar-refractivity contribution in [3.63, 3.8) is 0 Å². The van der Waals surface area contributed by atoms with E-state index in [0.29, 0.717) is 24.5 Å². The van der Waals surface area contributed by atoms with Crippen LogP contribution < -0.4 is 15.6 Å². The van der Waals surface area contributed by atoms with E-state index in [1.165, 1.54) is 0 Å². The summed E-state index contributed by atoms with van der Waals surface area (Å²) in [5.41, 5.74) is 6.08. The zero-order valence-electron chi connectivity index (χ0n) is 10.0. The van der Waals surface area contributed by atoms with E-state index in [0.717, 1.165) is 11.3 Å². The van der Waals surface area contributed by atoms with Crippen LogP contribution in [0.4, 0.5) is 0 Å². The minimum atomic E-state index is -0.0380. The van der Waals surface area contributed by atoms with E-state index in [9.17, 15) is 4.79 Å². The van der Waals surface area contributed by atoms with Crippen molar-refractivity contribution in [2.24, 2.45) is 0 Å². The molecule has 0 spiro atoms. The SMILES string of the molecule is CNNC(=O)CCCOc1ccc(Cl)cc1C. The maximum Gasteiger partial charge on any atom is 0.234 e. The standard InChI is InChI=1S/C12H17ClN2O2/c1-9-8-10(13)5-6-11(9)17-7-3-4-12(16)15-14-2/h5-6,8,14H,3-4,7H2,1-2H3,(H,15,16). The van der Waals surface area contributed by atoms with Crippen LogP contribution in [0.3, 0.4) is 0 Å². The maximum absolute atomic E-state index is 11.1. The monoisotopic (exact) mass is 256 g/mol. The molecule has 0 aromatic heterocycles. The Morgan fingerprint density at radius 2 is 2.24 bits per heavy atom. The molecule has 1 aromatic rings. The first-order valence-electron chi connectivity index (χ1n) is 5.48. The van der Waals surface area contributed by atoms with Crippen molar-refractivity contribution in [3.05, 3.63) is 28.8 Å². The molecule has 1 rings (SSSR count). The number of hydrogen-bond acceptors (Lipinski definition) is 3. The number of aryl methyl sites for hydroxylation is 1. The highest BCUT2D eigenvalue weighted by Gasteiger charge is 2.02. The zero-order chi connectivity index (χ0) is 12.7. The molecule has 0 aliphatic heterocycles. The van der Waals surface area contributed by atoms with Crippen molar-refractivity contribution in [3.8, 4) is 5.75 Å². The van der Waals surface area contributed by atoms with Crippen LogP contribution in [0.1, 0.15) is 18.4 Å². The van der Waals surface area contributed by atoms with Crippen LogP contribution in [0.5, 0.6) is 5.75 Å². The molecule has 0 radical (unpaired) electrons. The van der Waals surface area contributed by atoms with Crippen LogP contribution in [0.25, 0.3) is 0 Å². The minimum Gasteiger partial charge on any atom is -0.493 e. The Kier molecular flexibility index (Phi) is 5.80. The lowest BCUT2D eigenvalue weighted by molar-refractivity contribution is -0.122. The quantitative estimate of drug-likeness (QED) is 0.605. The number of benzene rings is 1.